The summed E-state index contributed by atoms with van der Waals surface area (Å²) in [4.78, 5) is 26.4. The number of carbonyl (C=O) groups is 2. The summed E-state index contributed by atoms with van der Waals surface area (Å²) in [6.45, 7) is 0. The van der Waals surface area contributed by atoms with E-state index in [9.17, 15) is 9.59 Å². The highest BCUT2D eigenvalue weighted by Crippen LogP contribution is 2.04. The number of aromatic nitrogens is 1. The van der Waals surface area contributed by atoms with Gasteiger partial charge >= 0.3 is 0 Å². The summed E-state index contributed by atoms with van der Waals surface area (Å²) in [6.07, 6.45) is 2.22. The van der Waals surface area contributed by atoms with Gasteiger partial charge in [0.15, 0.2) is 0 Å². The van der Waals surface area contributed by atoms with Crippen molar-refractivity contribution in [2.75, 3.05) is 5.32 Å². The molecular weight excluding hydrogens is 208 g/mol. The number of rotatable bonds is 2. The van der Waals surface area contributed by atoms with E-state index in [0.29, 0.717) is 18.0 Å². The van der Waals surface area contributed by atoms with Gasteiger partial charge in [0.05, 0.1) is 0 Å². The number of nitrogens with zero attached hydrogens (tertiary/aromatic N) is 2. The minimum absolute atomic E-state index is 0.172. The van der Waals surface area contributed by atoms with E-state index in [1.807, 2.05) is 0 Å². The second-order valence-corrected chi connectivity index (χ2v) is 3.26. The van der Waals surface area contributed by atoms with Crippen LogP contribution in [-0.4, -0.2) is 22.5 Å². The van der Waals surface area contributed by atoms with Crippen LogP contribution in [0.1, 0.15) is 12.8 Å². The Labute approximate surface area is 91.8 Å². The highest BCUT2D eigenvalue weighted by Gasteiger charge is 2.18. The van der Waals surface area contributed by atoms with Crippen molar-refractivity contribution >= 4 is 23.3 Å². The normalized spacial score (nSPS) is 15.0. The Morgan fingerprint density at radius 2 is 2.25 bits per heavy atom. The lowest BCUT2D eigenvalue weighted by Gasteiger charge is -2.11. The van der Waals surface area contributed by atoms with Gasteiger partial charge in [-0.05, 0) is 12.1 Å². The number of hydrogen-bond acceptors (Lipinski definition) is 4. The Balaban J connectivity index is 2.01. The third-order valence-corrected chi connectivity index (χ3v) is 2.07. The number of nitrogens with one attached hydrogen (secondary N) is 2. The molecule has 0 unspecified atom stereocenters. The van der Waals surface area contributed by atoms with Gasteiger partial charge in [0.2, 0.25) is 5.91 Å². The van der Waals surface area contributed by atoms with Gasteiger partial charge in [-0.2, -0.15) is 5.10 Å². The average Bonchev–Trinajstić information content (AvgIpc) is 2.31. The first-order valence-electron chi connectivity index (χ1n) is 4.83. The molecule has 0 atom stereocenters. The molecule has 2 rings (SSSR count). The SMILES string of the molecule is O=C1CCC(C(=O)Nc2ccccn2)=NN1. The maximum Gasteiger partial charge on any atom is 0.273 e. The van der Waals surface area contributed by atoms with Gasteiger partial charge in [0.1, 0.15) is 11.5 Å². The van der Waals surface area contributed by atoms with E-state index >= 15 is 0 Å². The molecule has 1 aliphatic rings. The summed E-state index contributed by atoms with van der Waals surface area (Å²) in [5.41, 5.74) is 2.58. The molecule has 1 aromatic rings. The third kappa shape index (κ3) is 2.41. The Kier molecular flexibility index (Phi) is 2.90. The molecule has 0 bridgehead atoms. The van der Waals surface area contributed by atoms with Crippen molar-refractivity contribution in [3.63, 3.8) is 0 Å². The van der Waals surface area contributed by atoms with Crippen LogP contribution in [0.25, 0.3) is 0 Å². The number of pyridine rings is 1. The lowest BCUT2D eigenvalue weighted by molar-refractivity contribution is -0.121. The van der Waals surface area contributed by atoms with E-state index < -0.39 is 0 Å². The zero-order valence-electron chi connectivity index (χ0n) is 8.43. The van der Waals surface area contributed by atoms with Crippen molar-refractivity contribution in [2.45, 2.75) is 12.8 Å². The van der Waals surface area contributed by atoms with E-state index in [4.69, 9.17) is 0 Å². The molecule has 0 radical (unpaired) electrons. The molecule has 0 fully saturated rings. The topological polar surface area (TPSA) is 83.5 Å². The van der Waals surface area contributed by atoms with Crippen molar-refractivity contribution in [1.29, 1.82) is 0 Å². The molecule has 0 saturated carbocycles. The predicted octanol–water partition coefficient (Wildman–Crippen LogP) is 0.286. The summed E-state index contributed by atoms with van der Waals surface area (Å²) < 4.78 is 0. The fourth-order valence-corrected chi connectivity index (χ4v) is 1.26. The minimum Gasteiger partial charge on any atom is -0.305 e. The number of amides is 2. The third-order valence-electron chi connectivity index (χ3n) is 2.07. The van der Waals surface area contributed by atoms with Gasteiger partial charge in [-0.15, -0.1) is 0 Å². The Bertz CT molecular complexity index is 441. The van der Waals surface area contributed by atoms with Crippen molar-refractivity contribution in [3.05, 3.63) is 24.4 Å². The number of hydrazone groups is 1. The standard InChI is InChI=1S/C10H10N4O2/c15-9-5-4-7(13-14-9)10(16)12-8-3-1-2-6-11-8/h1-3,6H,4-5H2,(H,14,15)(H,11,12,16). The molecule has 2 amide bonds. The molecule has 0 spiro atoms. The zero-order valence-corrected chi connectivity index (χ0v) is 8.43. The molecule has 0 aromatic carbocycles. The molecule has 2 heterocycles. The van der Waals surface area contributed by atoms with Crippen LogP contribution in [0.3, 0.4) is 0 Å². The molecule has 0 saturated heterocycles. The first-order chi connectivity index (χ1) is 7.75. The van der Waals surface area contributed by atoms with E-state index in [1.165, 1.54) is 0 Å². The summed E-state index contributed by atoms with van der Waals surface area (Å²) in [5.74, 6) is -0.0415. The van der Waals surface area contributed by atoms with Gasteiger partial charge in [-0.1, -0.05) is 6.07 Å². The largest absolute Gasteiger partial charge is 0.305 e. The molecule has 6 nitrogen and oxygen atoms in total. The van der Waals surface area contributed by atoms with Gasteiger partial charge in [0, 0.05) is 19.0 Å². The number of anilines is 1. The van der Waals surface area contributed by atoms with Crippen LogP contribution in [0.5, 0.6) is 0 Å². The van der Waals surface area contributed by atoms with Crippen LogP contribution in [0.4, 0.5) is 5.82 Å². The molecule has 1 aliphatic heterocycles. The van der Waals surface area contributed by atoms with E-state index in [0.717, 1.165) is 0 Å². The van der Waals surface area contributed by atoms with E-state index in [-0.39, 0.29) is 18.2 Å². The first kappa shape index (κ1) is 10.3. The molecule has 82 valence electrons. The molecule has 16 heavy (non-hydrogen) atoms. The lowest BCUT2D eigenvalue weighted by Crippen LogP contribution is -2.32. The van der Waals surface area contributed by atoms with Crippen LogP contribution in [-0.2, 0) is 9.59 Å². The maximum absolute atomic E-state index is 11.6. The summed E-state index contributed by atoms with van der Waals surface area (Å²) in [7, 11) is 0. The second-order valence-electron chi connectivity index (χ2n) is 3.26. The van der Waals surface area contributed by atoms with Crippen molar-refractivity contribution < 1.29 is 9.59 Å². The average molecular weight is 218 g/mol. The van der Waals surface area contributed by atoms with E-state index in [1.54, 1.807) is 24.4 Å². The fraction of sp³-hybridized carbons (Fsp3) is 0.200. The second kappa shape index (κ2) is 4.52. The molecular formula is C10H10N4O2. The highest BCUT2D eigenvalue weighted by atomic mass is 16.2. The first-order valence-corrected chi connectivity index (χ1v) is 4.83. The number of hydrogen-bond donors (Lipinski definition) is 2. The predicted molar refractivity (Wildman–Crippen MR) is 57.7 cm³/mol. The minimum atomic E-state index is -0.335. The summed E-state index contributed by atoms with van der Waals surface area (Å²) in [5, 5.41) is 6.28. The Morgan fingerprint density at radius 1 is 1.38 bits per heavy atom. The molecule has 0 aliphatic carbocycles. The lowest BCUT2D eigenvalue weighted by atomic mass is 10.1. The van der Waals surface area contributed by atoms with Gasteiger partial charge in [0.25, 0.3) is 5.91 Å². The highest BCUT2D eigenvalue weighted by molar-refractivity contribution is 6.43. The number of carbonyl (C=O) groups excluding carboxylic acids is 2. The summed E-state index contributed by atoms with van der Waals surface area (Å²) >= 11 is 0. The van der Waals surface area contributed by atoms with Crippen molar-refractivity contribution in [1.82, 2.24) is 10.4 Å². The van der Waals surface area contributed by atoms with Crippen molar-refractivity contribution in [3.8, 4) is 0 Å². The fourth-order valence-electron chi connectivity index (χ4n) is 1.26. The smallest absolute Gasteiger partial charge is 0.273 e. The van der Waals surface area contributed by atoms with Crippen molar-refractivity contribution in [2.24, 2.45) is 5.10 Å². The Morgan fingerprint density at radius 3 is 2.88 bits per heavy atom. The van der Waals surface area contributed by atoms with Crippen LogP contribution < -0.4 is 10.7 Å². The quantitative estimate of drug-likeness (QED) is 0.748. The molecule has 6 heteroatoms. The maximum atomic E-state index is 11.6. The zero-order chi connectivity index (χ0) is 11.4. The molecule has 1 aromatic heterocycles. The molecule has 2 N–H and O–H groups in total. The Hall–Kier alpha value is -2.24. The monoisotopic (exact) mass is 218 g/mol. The van der Waals surface area contributed by atoms with E-state index in [2.05, 4.69) is 20.8 Å². The van der Waals surface area contributed by atoms with Crippen LogP contribution in [0.15, 0.2) is 29.5 Å². The van der Waals surface area contributed by atoms with Crippen LogP contribution >= 0.6 is 0 Å². The van der Waals surface area contributed by atoms with Gasteiger partial charge in [-0.3, -0.25) is 9.59 Å². The summed E-state index contributed by atoms with van der Waals surface area (Å²) in [6, 6.07) is 5.21. The van der Waals surface area contributed by atoms with Gasteiger partial charge in [-0.25, -0.2) is 10.4 Å². The van der Waals surface area contributed by atoms with Crippen LogP contribution in [0, 0.1) is 0 Å². The van der Waals surface area contributed by atoms with Gasteiger partial charge < -0.3 is 5.32 Å². The van der Waals surface area contributed by atoms with Crippen LogP contribution in [0.2, 0.25) is 0 Å².